The number of rotatable bonds is 5. The highest BCUT2D eigenvalue weighted by atomic mass is 19.1. The van der Waals surface area contributed by atoms with E-state index >= 15 is 0 Å². The molecule has 1 aliphatic heterocycles. The number of nitrogens with zero attached hydrogens (tertiary/aromatic N) is 2. The SMILES string of the molecule is CC(=O)N[C@@H](c1ccccn1)[C@H]1CCCN(C(=O)Cc2cccc(F)c2)C1. The van der Waals surface area contributed by atoms with Gasteiger partial charge in [0.25, 0.3) is 0 Å². The number of amides is 2. The van der Waals surface area contributed by atoms with Crippen LogP contribution in [0.5, 0.6) is 0 Å². The van der Waals surface area contributed by atoms with Gasteiger partial charge in [-0.25, -0.2) is 4.39 Å². The maximum absolute atomic E-state index is 13.4. The summed E-state index contributed by atoms with van der Waals surface area (Å²) in [5.74, 6) is -0.381. The first kappa shape index (κ1) is 19.0. The summed E-state index contributed by atoms with van der Waals surface area (Å²) in [6.45, 7) is 2.72. The molecule has 1 aliphatic rings. The molecule has 3 rings (SSSR count). The lowest BCUT2D eigenvalue weighted by Crippen LogP contribution is -2.45. The van der Waals surface area contributed by atoms with Crippen LogP contribution < -0.4 is 5.32 Å². The third-order valence-corrected chi connectivity index (χ3v) is 4.89. The van der Waals surface area contributed by atoms with Crippen molar-refractivity contribution in [2.45, 2.75) is 32.2 Å². The number of benzene rings is 1. The van der Waals surface area contributed by atoms with Gasteiger partial charge in [-0.2, -0.15) is 0 Å². The van der Waals surface area contributed by atoms with Gasteiger partial charge < -0.3 is 10.2 Å². The van der Waals surface area contributed by atoms with Gasteiger partial charge in [-0.05, 0) is 42.7 Å². The number of piperidine rings is 1. The highest BCUT2D eigenvalue weighted by Gasteiger charge is 2.31. The third-order valence-electron chi connectivity index (χ3n) is 4.89. The zero-order valence-corrected chi connectivity index (χ0v) is 15.4. The third kappa shape index (κ3) is 5.12. The number of likely N-dealkylation sites (tertiary alicyclic amines) is 1. The Hall–Kier alpha value is -2.76. The van der Waals surface area contributed by atoms with Gasteiger partial charge in [-0.15, -0.1) is 0 Å². The van der Waals surface area contributed by atoms with E-state index in [0.29, 0.717) is 18.7 Å². The number of hydrogen-bond acceptors (Lipinski definition) is 3. The molecule has 2 amide bonds. The fourth-order valence-electron chi connectivity index (χ4n) is 3.65. The van der Waals surface area contributed by atoms with Crippen molar-refractivity contribution in [3.8, 4) is 0 Å². The van der Waals surface area contributed by atoms with Crippen LogP contribution in [0.25, 0.3) is 0 Å². The summed E-state index contributed by atoms with van der Waals surface area (Å²) in [4.78, 5) is 30.6. The zero-order valence-electron chi connectivity index (χ0n) is 15.4. The van der Waals surface area contributed by atoms with E-state index in [2.05, 4.69) is 10.3 Å². The predicted octanol–water partition coefficient (Wildman–Crippen LogP) is 2.88. The molecule has 142 valence electrons. The van der Waals surface area contributed by atoms with Crippen LogP contribution in [0.4, 0.5) is 4.39 Å². The minimum absolute atomic E-state index is 0.0205. The lowest BCUT2D eigenvalue weighted by molar-refractivity contribution is -0.132. The minimum Gasteiger partial charge on any atom is -0.348 e. The summed E-state index contributed by atoms with van der Waals surface area (Å²) in [6, 6.07) is 11.5. The van der Waals surface area contributed by atoms with Crippen molar-refractivity contribution in [1.82, 2.24) is 15.2 Å². The molecule has 27 heavy (non-hydrogen) atoms. The van der Waals surface area contributed by atoms with Crippen LogP contribution in [-0.2, 0) is 16.0 Å². The van der Waals surface area contributed by atoms with E-state index in [1.807, 2.05) is 23.1 Å². The molecule has 0 spiro atoms. The van der Waals surface area contributed by atoms with E-state index in [-0.39, 0.29) is 36.0 Å². The number of carbonyl (C=O) groups is 2. The molecule has 0 radical (unpaired) electrons. The Morgan fingerprint density at radius 3 is 2.85 bits per heavy atom. The summed E-state index contributed by atoms with van der Waals surface area (Å²) in [5.41, 5.74) is 1.47. The molecule has 5 nitrogen and oxygen atoms in total. The number of aromatic nitrogens is 1. The van der Waals surface area contributed by atoms with Crippen molar-refractivity contribution >= 4 is 11.8 Å². The van der Waals surface area contributed by atoms with Crippen molar-refractivity contribution in [2.24, 2.45) is 5.92 Å². The summed E-state index contributed by atoms with van der Waals surface area (Å²) in [7, 11) is 0. The van der Waals surface area contributed by atoms with Crippen LogP contribution in [0.2, 0.25) is 0 Å². The maximum Gasteiger partial charge on any atom is 0.227 e. The fourth-order valence-corrected chi connectivity index (χ4v) is 3.65. The van der Waals surface area contributed by atoms with Crippen molar-refractivity contribution in [3.63, 3.8) is 0 Å². The van der Waals surface area contributed by atoms with Gasteiger partial charge in [-0.3, -0.25) is 14.6 Å². The van der Waals surface area contributed by atoms with Crippen LogP contribution in [-0.4, -0.2) is 34.8 Å². The van der Waals surface area contributed by atoms with E-state index in [0.717, 1.165) is 18.5 Å². The van der Waals surface area contributed by atoms with E-state index in [1.165, 1.54) is 19.1 Å². The zero-order chi connectivity index (χ0) is 19.2. The standard InChI is InChI=1S/C21H24FN3O2/c1-15(26)24-21(19-9-2-3-10-23-19)17-7-5-11-25(14-17)20(27)13-16-6-4-8-18(22)12-16/h2-4,6,8-10,12,17,21H,5,7,11,13-14H2,1H3,(H,24,26)/t17-,21+/m0/s1. The Kier molecular flexibility index (Phi) is 6.16. The Balaban J connectivity index is 1.71. The van der Waals surface area contributed by atoms with Crippen molar-refractivity contribution in [1.29, 1.82) is 0 Å². The average molecular weight is 369 g/mol. The van der Waals surface area contributed by atoms with Gasteiger partial charge >= 0.3 is 0 Å². The van der Waals surface area contributed by atoms with E-state index in [1.54, 1.807) is 18.3 Å². The molecule has 0 unspecified atom stereocenters. The number of pyridine rings is 1. The first-order valence-electron chi connectivity index (χ1n) is 9.23. The van der Waals surface area contributed by atoms with Gasteiger partial charge in [0.05, 0.1) is 18.2 Å². The summed E-state index contributed by atoms with van der Waals surface area (Å²) >= 11 is 0. The Bertz CT molecular complexity index is 797. The van der Waals surface area contributed by atoms with Crippen LogP contribution in [0, 0.1) is 11.7 Å². The number of carbonyl (C=O) groups excluding carboxylic acids is 2. The highest BCUT2D eigenvalue weighted by Crippen LogP contribution is 2.29. The topological polar surface area (TPSA) is 62.3 Å². The normalized spacial score (nSPS) is 18.0. The predicted molar refractivity (Wildman–Crippen MR) is 100 cm³/mol. The Morgan fingerprint density at radius 2 is 2.15 bits per heavy atom. The molecule has 0 aliphatic carbocycles. The second-order valence-corrected chi connectivity index (χ2v) is 6.98. The molecule has 2 atom stereocenters. The first-order chi connectivity index (χ1) is 13.0. The van der Waals surface area contributed by atoms with Crippen molar-refractivity contribution in [3.05, 3.63) is 65.7 Å². The Labute approximate surface area is 158 Å². The first-order valence-corrected chi connectivity index (χ1v) is 9.23. The number of nitrogens with one attached hydrogen (secondary N) is 1. The molecular weight excluding hydrogens is 345 g/mol. The van der Waals surface area contributed by atoms with E-state index in [9.17, 15) is 14.0 Å². The van der Waals surface area contributed by atoms with Crippen molar-refractivity contribution in [2.75, 3.05) is 13.1 Å². The second kappa shape index (κ2) is 8.75. The average Bonchev–Trinajstić information content (AvgIpc) is 2.67. The van der Waals surface area contributed by atoms with Crippen LogP contribution in [0.15, 0.2) is 48.7 Å². The number of hydrogen-bond donors (Lipinski definition) is 1. The highest BCUT2D eigenvalue weighted by molar-refractivity contribution is 5.79. The lowest BCUT2D eigenvalue weighted by atomic mass is 9.88. The molecule has 2 heterocycles. The lowest BCUT2D eigenvalue weighted by Gasteiger charge is -2.37. The second-order valence-electron chi connectivity index (χ2n) is 6.98. The fraction of sp³-hybridized carbons (Fsp3) is 0.381. The van der Waals surface area contributed by atoms with E-state index < -0.39 is 0 Å². The quantitative estimate of drug-likeness (QED) is 0.882. The van der Waals surface area contributed by atoms with Gasteiger partial charge in [0, 0.05) is 32.1 Å². The van der Waals surface area contributed by atoms with Crippen LogP contribution >= 0.6 is 0 Å². The summed E-state index contributed by atoms with van der Waals surface area (Å²) in [5, 5.41) is 2.99. The van der Waals surface area contributed by atoms with Crippen molar-refractivity contribution < 1.29 is 14.0 Å². The van der Waals surface area contributed by atoms with Crippen LogP contribution in [0.1, 0.15) is 37.1 Å². The molecule has 1 saturated heterocycles. The monoisotopic (exact) mass is 369 g/mol. The van der Waals surface area contributed by atoms with Gasteiger partial charge in [0.15, 0.2) is 0 Å². The van der Waals surface area contributed by atoms with E-state index in [4.69, 9.17) is 0 Å². The smallest absolute Gasteiger partial charge is 0.227 e. The molecule has 1 N–H and O–H groups in total. The summed E-state index contributed by atoms with van der Waals surface area (Å²) in [6.07, 6.45) is 3.66. The van der Waals surface area contributed by atoms with Gasteiger partial charge in [0.2, 0.25) is 11.8 Å². The largest absolute Gasteiger partial charge is 0.348 e. The molecule has 0 saturated carbocycles. The maximum atomic E-state index is 13.4. The van der Waals surface area contributed by atoms with Crippen LogP contribution in [0.3, 0.4) is 0 Å². The number of halogens is 1. The minimum atomic E-state index is -0.335. The van der Waals surface area contributed by atoms with Gasteiger partial charge in [0.1, 0.15) is 5.82 Å². The molecule has 1 fully saturated rings. The molecule has 6 heteroatoms. The molecule has 1 aromatic carbocycles. The Morgan fingerprint density at radius 1 is 1.30 bits per heavy atom. The molecular formula is C21H24FN3O2. The molecule has 1 aromatic heterocycles. The molecule has 0 bridgehead atoms. The van der Waals surface area contributed by atoms with Gasteiger partial charge in [-0.1, -0.05) is 18.2 Å². The molecule has 2 aromatic rings. The summed E-state index contributed by atoms with van der Waals surface area (Å²) < 4.78 is 13.4.